The quantitative estimate of drug-likeness (QED) is 0.575. The van der Waals surface area contributed by atoms with Crippen molar-refractivity contribution >= 4 is 28.8 Å². The second-order valence-corrected chi connectivity index (χ2v) is 8.12. The molecule has 0 radical (unpaired) electrons. The van der Waals surface area contributed by atoms with Gasteiger partial charge in [0.25, 0.3) is 0 Å². The zero-order chi connectivity index (χ0) is 20.8. The topological polar surface area (TPSA) is 54.5 Å². The molecule has 0 aliphatic heterocycles. The van der Waals surface area contributed by atoms with Gasteiger partial charge in [-0.15, -0.1) is 11.3 Å². The van der Waals surface area contributed by atoms with Crippen LogP contribution in [0.15, 0.2) is 53.9 Å². The second kappa shape index (κ2) is 9.87. The van der Waals surface area contributed by atoms with E-state index < -0.39 is 0 Å². The van der Waals surface area contributed by atoms with Crippen LogP contribution in [0.2, 0.25) is 5.02 Å². The number of carbonyl (C=O) groups is 1. The first-order valence-electron chi connectivity index (χ1n) is 9.24. The molecule has 1 atom stereocenters. The smallest absolute Gasteiger partial charge is 0.226 e. The molecule has 0 saturated heterocycles. The molecule has 1 N–H and O–H groups in total. The fourth-order valence-corrected chi connectivity index (χ4v) is 4.15. The molecule has 0 fully saturated rings. The van der Waals surface area contributed by atoms with Gasteiger partial charge in [0.2, 0.25) is 5.91 Å². The summed E-state index contributed by atoms with van der Waals surface area (Å²) in [6.07, 6.45) is 0.240. The number of carbonyl (C=O) groups excluding carboxylic acids is 1. The van der Waals surface area contributed by atoms with Crippen LogP contribution in [0.4, 0.5) is 0 Å². The van der Waals surface area contributed by atoms with E-state index in [0.29, 0.717) is 11.6 Å². The number of hydrogen-bond donors (Lipinski definition) is 1. The van der Waals surface area contributed by atoms with E-state index in [4.69, 9.17) is 16.3 Å². The number of likely N-dealkylation sites (N-methyl/N-ethyl adjacent to an activating group) is 1. The highest BCUT2D eigenvalue weighted by Gasteiger charge is 2.16. The lowest BCUT2D eigenvalue weighted by atomic mass is 10.1. The van der Waals surface area contributed by atoms with Gasteiger partial charge in [-0.1, -0.05) is 41.9 Å². The van der Waals surface area contributed by atoms with Crippen molar-refractivity contribution in [2.75, 3.05) is 27.7 Å². The van der Waals surface area contributed by atoms with Crippen molar-refractivity contribution in [2.45, 2.75) is 12.5 Å². The molecule has 3 aromatic rings. The Labute approximate surface area is 180 Å². The van der Waals surface area contributed by atoms with Gasteiger partial charge in [-0.3, -0.25) is 4.79 Å². The number of rotatable bonds is 8. The van der Waals surface area contributed by atoms with Crippen LogP contribution in [-0.4, -0.2) is 43.5 Å². The Hall–Kier alpha value is -2.41. The summed E-state index contributed by atoms with van der Waals surface area (Å²) in [5.74, 6) is 0.759. The molecule has 0 saturated carbocycles. The normalized spacial score (nSPS) is 12.0. The van der Waals surface area contributed by atoms with Crippen molar-refractivity contribution in [3.8, 4) is 16.3 Å². The van der Waals surface area contributed by atoms with E-state index in [1.807, 2.05) is 68.0 Å². The number of amides is 1. The van der Waals surface area contributed by atoms with Gasteiger partial charge in [0, 0.05) is 17.5 Å². The Morgan fingerprint density at radius 1 is 1.21 bits per heavy atom. The number of aromatic nitrogens is 1. The molecule has 1 unspecified atom stereocenters. The lowest BCUT2D eigenvalue weighted by molar-refractivity contribution is -0.120. The summed E-state index contributed by atoms with van der Waals surface area (Å²) in [4.78, 5) is 19.1. The van der Waals surface area contributed by atoms with Crippen LogP contribution >= 0.6 is 22.9 Å². The van der Waals surface area contributed by atoms with E-state index in [-0.39, 0.29) is 18.4 Å². The minimum absolute atomic E-state index is 0.0543. The van der Waals surface area contributed by atoms with E-state index in [9.17, 15) is 4.79 Å². The Morgan fingerprint density at radius 3 is 2.59 bits per heavy atom. The zero-order valence-electron chi connectivity index (χ0n) is 16.7. The minimum atomic E-state index is -0.0543. The summed E-state index contributed by atoms with van der Waals surface area (Å²) in [6.45, 7) is 0.514. The highest BCUT2D eigenvalue weighted by Crippen LogP contribution is 2.30. The van der Waals surface area contributed by atoms with E-state index in [0.717, 1.165) is 27.6 Å². The number of methoxy groups -OCH3 is 1. The Kier molecular flexibility index (Phi) is 7.25. The van der Waals surface area contributed by atoms with Gasteiger partial charge in [-0.25, -0.2) is 4.98 Å². The Bertz CT molecular complexity index is 957. The van der Waals surface area contributed by atoms with E-state index in [2.05, 4.69) is 15.2 Å². The van der Waals surface area contributed by atoms with E-state index >= 15 is 0 Å². The predicted octanol–water partition coefficient (Wildman–Crippen LogP) is 4.43. The first kappa shape index (κ1) is 21.3. The number of halogens is 1. The molecule has 0 spiro atoms. The van der Waals surface area contributed by atoms with E-state index in [1.165, 1.54) is 11.3 Å². The number of benzene rings is 2. The molecule has 5 nitrogen and oxygen atoms in total. The van der Waals surface area contributed by atoms with Crippen LogP contribution in [0.25, 0.3) is 10.6 Å². The monoisotopic (exact) mass is 429 g/mol. The van der Waals surface area contributed by atoms with Crippen LogP contribution in [0, 0.1) is 0 Å². The third kappa shape index (κ3) is 5.56. The van der Waals surface area contributed by atoms with Crippen molar-refractivity contribution in [3.63, 3.8) is 0 Å². The van der Waals surface area contributed by atoms with Gasteiger partial charge < -0.3 is 15.0 Å². The Morgan fingerprint density at radius 2 is 1.93 bits per heavy atom. The number of hydrogen-bond acceptors (Lipinski definition) is 5. The SMILES string of the molecule is COc1ccc(C(CNC(=O)Cc2csc(-c3ccccc3Cl)n2)N(C)C)cc1. The van der Waals surface area contributed by atoms with Gasteiger partial charge in [0.05, 0.1) is 30.3 Å². The average molecular weight is 430 g/mol. The van der Waals surface area contributed by atoms with Gasteiger partial charge in [0.15, 0.2) is 0 Å². The molecule has 7 heteroatoms. The first-order valence-corrected chi connectivity index (χ1v) is 10.5. The average Bonchev–Trinajstić information content (AvgIpc) is 3.16. The van der Waals surface area contributed by atoms with Gasteiger partial charge in [0.1, 0.15) is 10.8 Å². The highest BCUT2D eigenvalue weighted by molar-refractivity contribution is 7.13. The van der Waals surface area contributed by atoms with Crippen LogP contribution in [-0.2, 0) is 11.2 Å². The Balaban J connectivity index is 1.60. The van der Waals surface area contributed by atoms with Crippen LogP contribution in [0.1, 0.15) is 17.3 Å². The summed E-state index contributed by atoms with van der Waals surface area (Å²) >= 11 is 7.73. The van der Waals surface area contributed by atoms with Crippen LogP contribution in [0.5, 0.6) is 5.75 Å². The van der Waals surface area contributed by atoms with Crippen molar-refractivity contribution < 1.29 is 9.53 Å². The van der Waals surface area contributed by atoms with Crippen molar-refractivity contribution in [1.82, 2.24) is 15.2 Å². The van der Waals surface area contributed by atoms with Gasteiger partial charge in [-0.2, -0.15) is 0 Å². The number of nitrogens with zero attached hydrogens (tertiary/aromatic N) is 2. The molecule has 152 valence electrons. The van der Waals surface area contributed by atoms with Gasteiger partial charge in [-0.05, 0) is 37.9 Å². The predicted molar refractivity (Wildman–Crippen MR) is 119 cm³/mol. The molecule has 1 amide bonds. The lowest BCUT2D eigenvalue weighted by Crippen LogP contribution is -2.35. The first-order chi connectivity index (χ1) is 14.0. The summed E-state index contributed by atoms with van der Waals surface area (Å²) in [7, 11) is 5.64. The van der Waals surface area contributed by atoms with Crippen LogP contribution in [0.3, 0.4) is 0 Å². The molecule has 1 aromatic heterocycles. The largest absolute Gasteiger partial charge is 0.497 e. The molecule has 0 bridgehead atoms. The van der Waals surface area contributed by atoms with Crippen molar-refractivity contribution in [3.05, 3.63) is 70.2 Å². The van der Waals surface area contributed by atoms with Gasteiger partial charge >= 0.3 is 0 Å². The molecule has 2 aromatic carbocycles. The maximum absolute atomic E-state index is 12.5. The number of nitrogens with one attached hydrogen (secondary N) is 1. The maximum Gasteiger partial charge on any atom is 0.226 e. The number of ether oxygens (including phenoxy) is 1. The molecular formula is C22H24ClN3O2S. The maximum atomic E-state index is 12.5. The summed E-state index contributed by atoms with van der Waals surface area (Å²) in [5, 5.41) is 6.42. The molecule has 29 heavy (non-hydrogen) atoms. The van der Waals surface area contributed by atoms with Crippen molar-refractivity contribution in [2.24, 2.45) is 0 Å². The second-order valence-electron chi connectivity index (χ2n) is 6.86. The summed E-state index contributed by atoms with van der Waals surface area (Å²) < 4.78 is 5.22. The van der Waals surface area contributed by atoms with E-state index in [1.54, 1.807) is 7.11 Å². The number of thiazole rings is 1. The third-order valence-electron chi connectivity index (χ3n) is 4.61. The standard InChI is InChI=1S/C22H24ClN3O2S/c1-26(2)20(15-8-10-17(28-3)11-9-15)13-24-21(27)12-16-14-29-22(25-16)18-6-4-5-7-19(18)23/h4-11,14,20H,12-13H2,1-3H3,(H,24,27). The summed E-state index contributed by atoms with van der Waals surface area (Å²) in [6, 6.07) is 15.6. The fourth-order valence-electron chi connectivity index (χ4n) is 3.01. The molecule has 0 aliphatic rings. The summed E-state index contributed by atoms with van der Waals surface area (Å²) in [5.41, 5.74) is 2.75. The fraction of sp³-hybridized carbons (Fsp3) is 0.273. The highest BCUT2D eigenvalue weighted by atomic mass is 35.5. The van der Waals surface area contributed by atoms with Crippen molar-refractivity contribution in [1.29, 1.82) is 0 Å². The minimum Gasteiger partial charge on any atom is -0.497 e. The molecule has 0 aliphatic carbocycles. The molecule has 1 heterocycles. The molecular weight excluding hydrogens is 406 g/mol. The molecule has 3 rings (SSSR count). The van der Waals surface area contributed by atoms with Crippen LogP contribution < -0.4 is 10.1 Å². The zero-order valence-corrected chi connectivity index (χ0v) is 18.3. The third-order valence-corrected chi connectivity index (χ3v) is 5.87. The lowest BCUT2D eigenvalue weighted by Gasteiger charge is -2.25.